The maximum absolute atomic E-state index is 10.4. The third kappa shape index (κ3) is 2.76. The van der Waals surface area contributed by atoms with E-state index < -0.39 is 0 Å². The van der Waals surface area contributed by atoms with Gasteiger partial charge in [0.1, 0.15) is 0 Å². The zero-order chi connectivity index (χ0) is 15.0. The summed E-state index contributed by atoms with van der Waals surface area (Å²) in [5, 5.41) is 10.4. The molecule has 0 aliphatic heterocycles. The second-order valence-electron chi connectivity index (χ2n) is 6.75. The third-order valence-electron chi connectivity index (χ3n) is 4.28. The predicted molar refractivity (Wildman–Crippen MR) is 83.5 cm³/mol. The normalized spacial score (nSPS) is 20.3. The molecular formula is C18H23NO2. The Morgan fingerprint density at radius 2 is 2.14 bits per heavy atom. The maximum Gasteiger partial charge on any atom is 0.0812 e. The van der Waals surface area contributed by atoms with Gasteiger partial charge in [-0.3, -0.25) is 0 Å². The summed E-state index contributed by atoms with van der Waals surface area (Å²) in [5.74, 6) is 0. The van der Waals surface area contributed by atoms with Gasteiger partial charge in [-0.15, -0.1) is 0 Å². The standard InChI is InChI=1S/C18H23NO2/c1-18(2)10-16-15(17(20)11-18)7-8-19(16)14-6-4-5-13(9-14)12-21-3/h4-9,17,20H,10-12H2,1-3H3. The molecule has 0 saturated carbocycles. The zero-order valence-corrected chi connectivity index (χ0v) is 13.0. The number of fused-ring (bicyclic) bond motifs is 1. The Morgan fingerprint density at radius 3 is 2.90 bits per heavy atom. The van der Waals surface area contributed by atoms with Gasteiger partial charge in [0.2, 0.25) is 0 Å². The third-order valence-corrected chi connectivity index (χ3v) is 4.28. The molecule has 112 valence electrons. The van der Waals surface area contributed by atoms with Crippen LogP contribution in [0.4, 0.5) is 0 Å². The lowest BCUT2D eigenvalue weighted by molar-refractivity contribution is 0.0987. The Hall–Kier alpha value is -1.58. The van der Waals surface area contributed by atoms with Gasteiger partial charge in [0.25, 0.3) is 0 Å². The number of aliphatic hydroxyl groups excluding tert-OH is 1. The van der Waals surface area contributed by atoms with Gasteiger partial charge in [-0.05, 0) is 42.0 Å². The Balaban J connectivity index is 2.03. The van der Waals surface area contributed by atoms with Crippen LogP contribution in [-0.2, 0) is 17.8 Å². The van der Waals surface area contributed by atoms with Crippen molar-refractivity contribution in [1.82, 2.24) is 4.57 Å². The number of benzene rings is 1. The van der Waals surface area contributed by atoms with Gasteiger partial charge in [-0.25, -0.2) is 0 Å². The average Bonchev–Trinajstić information content (AvgIpc) is 2.82. The summed E-state index contributed by atoms with van der Waals surface area (Å²) in [6.07, 6.45) is 3.53. The Labute approximate surface area is 126 Å². The van der Waals surface area contributed by atoms with Crippen molar-refractivity contribution in [3.8, 4) is 5.69 Å². The summed E-state index contributed by atoms with van der Waals surface area (Å²) < 4.78 is 7.42. The molecule has 21 heavy (non-hydrogen) atoms. The summed E-state index contributed by atoms with van der Waals surface area (Å²) in [5.41, 5.74) is 4.73. The maximum atomic E-state index is 10.4. The summed E-state index contributed by atoms with van der Waals surface area (Å²) in [7, 11) is 1.71. The molecule has 1 aliphatic carbocycles. The minimum Gasteiger partial charge on any atom is -0.388 e. The first kappa shape index (κ1) is 14.4. The summed E-state index contributed by atoms with van der Waals surface area (Å²) in [6, 6.07) is 10.4. The van der Waals surface area contributed by atoms with Crippen LogP contribution >= 0.6 is 0 Å². The molecule has 2 aromatic rings. The van der Waals surface area contributed by atoms with E-state index >= 15 is 0 Å². The molecule has 1 aromatic carbocycles. The minimum absolute atomic E-state index is 0.132. The highest BCUT2D eigenvalue weighted by Crippen LogP contribution is 2.41. The van der Waals surface area contributed by atoms with Gasteiger partial charge in [0.15, 0.2) is 0 Å². The molecule has 1 atom stereocenters. The molecule has 0 bridgehead atoms. The Morgan fingerprint density at radius 1 is 1.33 bits per heavy atom. The molecule has 0 spiro atoms. The Kier molecular flexibility index (Phi) is 3.64. The second kappa shape index (κ2) is 5.32. The van der Waals surface area contributed by atoms with Gasteiger partial charge in [-0.2, -0.15) is 0 Å². The number of hydrogen-bond acceptors (Lipinski definition) is 2. The van der Waals surface area contributed by atoms with Crippen molar-refractivity contribution in [2.45, 2.75) is 39.4 Å². The van der Waals surface area contributed by atoms with Crippen molar-refractivity contribution in [1.29, 1.82) is 0 Å². The van der Waals surface area contributed by atoms with E-state index in [4.69, 9.17) is 4.74 Å². The number of aliphatic hydroxyl groups is 1. The van der Waals surface area contributed by atoms with Crippen molar-refractivity contribution in [2.24, 2.45) is 5.41 Å². The molecule has 1 aliphatic rings. The van der Waals surface area contributed by atoms with Gasteiger partial charge in [0.05, 0.1) is 12.7 Å². The molecule has 0 amide bonds. The van der Waals surface area contributed by atoms with Gasteiger partial charge >= 0.3 is 0 Å². The van der Waals surface area contributed by atoms with Gasteiger partial charge in [-0.1, -0.05) is 26.0 Å². The molecule has 1 heterocycles. The van der Waals surface area contributed by atoms with Gasteiger partial charge in [0, 0.05) is 30.3 Å². The predicted octanol–water partition coefficient (Wildman–Crippen LogP) is 3.63. The van der Waals surface area contributed by atoms with Crippen molar-refractivity contribution < 1.29 is 9.84 Å². The van der Waals surface area contributed by atoms with Crippen LogP contribution in [0.3, 0.4) is 0 Å². The second-order valence-corrected chi connectivity index (χ2v) is 6.75. The van der Waals surface area contributed by atoms with E-state index in [0.717, 1.165) is 29.7 Å². The van der Waals surface area contributed by atoms with Crippen molar-refractivity contribution in [3.63, 3.8) is 0 Å². The lowest BCUT2D eigenvalue weighted by Crippen LogP contribution is -2.26. The van der Waals surface area contributed by atoms with E-state index in [1.54, 1.807) is 7.11 Å². The highest BCUT2D eigenvalue weighted by atomic mass is 16.5. The monoisotopic (exact) mass is 285 g/mol. The SMILES string of the molecule is COCc1cccc(-n2ccc3c2CC(C)(C)CC3O)c1. The van der Waals surface area contributed by atoms with Crippen LogP contribution in [0.1, 0.15) is 43.2 Å². The quantitative estimate of drug-likeness (QED) is 0.934. The molecule has 0 radical (unpaired) electrons. The van der Waals surface area contributed by atoms with Crippen LogP contribution in [0, 0.1) is 5.41 Å². The largest absolute Gasteiger partial charge is 0.388 e. The molecule has 0 saturated heterocycles. The zero-order valence-electron chi connectivity index (χ0n) is 13.0. The first-order valence-corrected chi connectivity index (χ1v) is 7.47. The molecule has 3 heteroatoms. The van der Waals surface area contributed by atoms with Crippen LogP contribution in [0.2, 0.25) is 0 Å². The number of nitrogens with zero attached hydrogens (tertiary/aromatic N) is 1. The fourth-order valence-electron chi connectivity index (χ4n) is 3.33. The highest BCUT2D eigenvalue weighted by molar-refractivity contribution is 5.42. The van der Waals surface area contributed by atoms with Crippen LogP contribution in [-0.4, -0.2) is 16.8 Å². The smallest absolute Gasteiger partial charge is 0.0812 e. The first-order valence-electron chi connectivity index (χ1n) is 7.47. The number of methoxy groups -OCH3 is 1. The van der Waals surface area contributed by atoms with Crippen LogP contribution in [0.25, 0.3) is 5.69 Å². The molecule has 3 nitrogen and oxygen atoms in total. The topological polar surface area (TPSA) is 34.4 Å². The fourth-order valence-corrected chi connectivity index (χ4v) is 3.33. The van der Waals surface area contributed by atoms with E-state index in [1.807, 2.05) is 0 Å². The van der Waals surface area contributed by atoms with E-state index in [2.05, 4.69) is 54.9 Å². The summed E-state index contributed by atoms with van der Waals surface area (Å²) in [6.45, 7) is 5.06. The summed E-state index contributed by atoms with van der Waals surface area (Å²) in [4.78, 5) is 0. The fraction of sp³-hybridized carbons (Fsp3) is 0.444. The molecule has 1 aromatic heterocycles. The Bertz CT molecular complexity index is 642. The van der Waals surface area contributed by atoms with Crippen molar-refractivity contribution in [3.05, 3.63) is 53.3 Å². The minimum atomic E-state index is -0.354. The lowest BCUT2D eigenvalue weighted by Gasteiger charge is -2.34. The molecule has 0 fully saturated rings. The first-order chi connectivity index (χ1) is 10.00. The van der Waals surface area contributed by atoms with Crippen LogP contribution in [0.5, 0.6) is 0 Å². The molecular weight excluding hydrogens is 262 g/mol. The molecule has 1 N–H and O–H groups in total. The highest BCUT2D eigenvalue weighted by Gasteiger charge is 2.33. The van der Waals surface area contributed by atoms with Crippen molar-refractivity contribution >= 4 is 0 Å². The van der Waals surface area contributed by atoms with E-state index in [9.17, 15) is 5.11 Å². The number of aromatic nitrogens is 1. The van der Waals surface area contributed by atoms with Crippen LogP contribution < -0.4 is 0 Å². The number of rotatable bonds is 3. The number of hydrogen-bond donors (Lipinski definition) is 1. The molecule has 1 unspecified atom stereocenters. The van der Waals surface area contributed by atoms with E-state index in [0.29, 0.717) is 6.61 Å². The van der Waals surface area contributed by atoms with E-state index in [1.165, 1.54) is 5.69 Å². The number of ether oxygens (including phenoxy) is 1. The summed E-state index contributed by atoms with van der Waals surface area (Å²) >= 11 is 0. The lowest BCUT2D eigenvalue weighted by atomic mass is 9.75. The van der Waals surface area contributed by atoms with Crippen LogP contribution in [0.15, 0.2) is 36.5 Å². The van der Waals surface area contributed by atoms with Gasteiger partial charge < -0.3 is 14.4 Å². The average molecular weight is 285 g/mol. The van der Waals surface area contributed by atoms with Crippen molar-refractivity contribution in [2.75, 3.05) is 7.11 Å². The van der Waals surface area contributed by atoms with E-state index in [-0.39, 0.29) is 11.5 Å². The molecule has 3 rings (SSSR count).